The number of nitrogens with zero attached hydrogens (tertiary/aromatic N) is 1. The number of guanidine groups is 1. The SMILES string of the molecule is CCNC(=NCCCOCC1CCCO1)NCCCNS(C)(=O)=O.I. The minimum atomic E-state index is -3.11. The molecular weight excluding hydrogens is 459 g/mol. The number of sulfonamides is 1. The molecule has 1 aliphatic heterocycles. The van der Waals surface area contributed by atoms with E-state index in [-0.39, 0.29) is 30.1 Å². The van der Waals surface area contributed by atoms with Crippen LogP contribution in [0.1, 0.15) is 32.6 Å². The fraction of sp³-hybridized carbons (Fsp3) is 0.933. The maximum Gasteiger partial charge on any atom is 0.208 e. The van der Waals surface area contributed by atoms with Gasteiger partial charge in [0, 0.05) is 39.4 Å². The standard InChI is InChI=1S/C15H32N4O4S.HI/c1-3-16-15(17-8-5-10-19-24(2,20)21)18-9-6-11-22-13-14-7-4-12-23-14;/h14,19H,3-13H2,1-2H3,(H2,16,17,18);1H. The molecule has 0 spiro atoms. The van der Waals surface area contributed by atoms with Gasteiger partial charge in [-0.15, -0.1) is 24.0 Å². The smallest absolute Gasteiger partial charge is 0.208 e. The summed E-state index contributed by atoms with van der Waals surface area (Å²) in [5, 5.41) is 6.35. The highest BCUT2D eigenvalue weighted by Gasteiger charge is 2.14. The summed E-state index contributed by atoms with van der Waals surface area (Å²) in [4.78, 5) is 4.47. The molecule has 25 heavy (non-hydrogen) atoms. The molecule has 150 valence electrons. The summed E-state index contributed by atoms with van der Waals surface area (Å²) < 4.78 is 35.5. The number of aliphatic imine (C=N–C) groups is 1. The van der Waals surface area contributed by atoms with Gasteiger partial charge in [0.25, 0.3) is 0 Å². The molecule has 1 heterocycles. The molecule has 3 N–H and O–H groups in total. The van der Waals surface area contributed by atoms with E-state index in [0.29, 0.717) is 39.3 Å². The lowest BCUT2D eigenvalue weighted by Crippen LogP contribution is -2.38. The number of ether oxygens (including phenoxy) is 2. The van der Waals surface area contributed by atoms with Gasteiger partial charge in [-0.1, -0.05) is 0 Å². The Kier molecular flexibility index (Phi) is 14.8. The number of hydrogen-bond donors (Lipinski definition) is 3. The monoisotopic (exact) mass is 492 g/mol. The molecule has 0 aromatic carbocycles. The van der Waals surface area contributed by atoms with E-state index >= 15 is 0 Å². The van der Waals surface area contributed by atoms with Crippen LogP contribution in [0.2, 0.25) is 0 Å². The molecule has 1 unspecified atom stereocenters. The quantitative estimate of drug-likeness (QED) is 0.160. The summed E-state index contributed by atoms with van der Waals surface area (Å²) in [5.74, 6) is 0.746. The fourth-order valence-electron chi connectivity index (χ4n) is 2.24. The van der Waals surface area contributed by atoms with Crippen molar-refractivity contribution in [1.29, 1.82) is 0 Å². The highest BCUT2D eigenvalue weighted by molar-refractivity contribution is 14.0. The summed E-state index contributed by atoms with van der Waals surface area (Å²) in [6.45, 7) is 6.76. The summed E-state index contributed by atoms with van der Waals surface area (Å²) in [6.07, 6.45) is 5.22. The van der Waals surface area contributed by atoms with Crippen molar-refractivity contribution in [2.45, 2.75) is 38.7 Å². The number of halogens is 1. The van der Waals surface area contributed by atoms with E-state index in [1.54, 1.807) is 0 Å². The van der Waals surface area contributed by atoms with Crippen LogP contribution in [-0.4, -0.2) is 72.7 Å². The van der Waals surface area contributed by atoms with Crippen LogP contribution in [0.3, 0.4) is 0 Å². The maximum atomic E-state index is 11.0. The second-order valence-corrected chi connectivity index (χ2v) is 7.60. The zero-order valence-electron chi connectivity index (χ0n) is 15.3. The highest BCUT2D eigenvalue weighted by atomic mass is 127. The third-order valence-electron chi connectivity index (χ3n) is 3.40. The molecule has 8 nitrogen and oxygen atoms in total. The van der Waals surface area contributed by atoms with Crippen molar-refractivity contribution < 1.29 is 17.9 Å². The molecule has 0 aliphatic carbocycles. The lowest BCUT2D eigenvalue weighted by Gasteiger charge is -2.12. The van der Waals surface area contributed by atoms with Crippen molar-refractivity contribution >= 4 is 40.0 Å². The highest BCUT2D eigenvalue weighted by Crippen LogP contribution is 2.11. The third-order valence-corrected chi connectivity index (χ3v) is 4.13. The first-order chi connectivity index (χ1) is 11.5. The largest absolute Gasteiger partial charge is 0.379 e. The molecule has 0 saturated carbocycles. The summed E-state index contributed by atoms with van der Waals surface area (Å²) in [5.41, 5.74) is 0. The zero-order chi connectivity index (χ0) is 17.7. The molecule has 0 aromatic heterocycles. The van der Waals surface area contributed by atoms with E-state index in [2.05, 4.69) is 20.3 Å². The minimum absolute atomic E-state index is 0. The van der Waals surface area contributed by atoms with Gasteiger partial charge in [0.1, 0.15) is 0 Å². The van der Waals surface area contributed by atoms with Crippen LogP contribution in [0, 0.1) is 0 Å². The Bertz CT molecular complexity index is 456. The van der Waals surface area contributed by atoms with Crippen LogP contribution in [0.4, 0.5) is 0 Å². The first-order valence-electron chi connectivity index (χ1n) is 8.67. The van der Waals surface area contributed by atoms with Crippen LogP contribution in [0.25, 0.3) is 0 Å². The lowest BCUT2D eigenvalue weighted by atomic mass is 10.2. The lowest BCUT2D eigenvalue weighted by molar-refractivity contribution is 0.0171. The van der Waals surface area contributed by atoms with Gasteiger partial charge in [0.05, 0.1) is 19.0 Å². The Labute approximate surface area is 169 Å². The number of rotatable bonds is 12. The zero-order valence-corrected chi connectivity index (χ0v) is 18.4. The molecule has 10 heteroatoms. The predicted molar refractivity (Wildman–Crippen MR) is 111 cm³/mol. The van der Waals surface area contributed by atoms with E-state index in [9.17, 15) is 8.42 Å². The van der Waals surface area contributed by atoms with Crippen LogP contribution in [0.5, 0.6) is 0 Å². The van der Waals surface area contributed by atoms with Crippen LogP contribution >= 0.6 is 24.0 Å². The molecule has 0 bridgehead atoms. The van der Waals surface area contributed by atoms with Crippen molar-refractivity contribution in [2.24, 2.45) is 4.99 Å². The van der Waals surface area contributed by atoms with Crippen molar-refractivity contribution in [3.63, 3.8) is 0 Å². The van der Waals surface area contributed by atoms with Crippen LogP contribution in [0.15, 0.2) is 4.99 Å². The summed E-state index contributed by atoms with van der Waals surface area (Å²) >= 11 is 0. The fourth-order valence-corrected chi connectivity index (χ4v) is 2.76. The van der Waals surface area contributed by atoms with Crippen LogP contribution < -0.4 is 15.4 Å². The van der Waals surface area contributed by atoms with Gasteiger partial charge in [0.2, 0.25) is 10.0 Å². The predicted octanol–water partition coefficient (Wildman–Crippen LogP) is 0.685. The van der Waals surface area contributed by atoms with Crippen molar-refractivity contribution in [1.82, 2.24) is 15.4 Å². The van der Waals surface area contributed by atoms with E-state index < -0.39 is 10.0 Å². The van der Waals surface area contributed by atoms with Gasteiger partial charge < -0.3 is 20.1 Å². The first kappa shape index (κ1) is 24.8. The molecule has 0 aromatic rings. The topological polar surface area (TPSA) is 101 Å². The average Bonchev–Trinajstić information content (AvgIpc) is 3.02. The van der Waals surface area contributed by atoms with Gasteiger partial charge in [-0.3, -0.25) is 4.99 Å². The molecule has 1 rings (SSSR count). The average molecular weight is 492 g/mol. The normalized spacial score (nSPS) is 18.0. The van der Waals surface area contributed by atoms with Crippen molar-refractivity contribution in [3.05, 3.63) is 0 Å². The molecule has 1 fully saturated rings. The molecule has 1 atom stereocenters. The van der Waals surface area contributed by atoms with Gasteiger partial charge in [-0.2, -0.15) is 0 Å². The molecule has 1 saturated heterocycles. The Morgan fingerprint density at radius 2 is 2.08 bits per heavy atom. The van der Waals surface area contributed by atoms with Crippen LogP contribution in [-0.2, 0) is 19.5 Å². The minimum Gasteiger partial charge on any atom is -0.379 e. The molecular formula is C15H33IN4O4S. The Morgan fingerprint density at radius 3 is 2.72 bits per heavy atom. The maximum absolute atomic E-state index is 11.0. The van der Waals surface area contributed by atoms with E-state index in [0.717, 1.165) is 44.6 Å². The molecule has 0 radical (unpaired) electrons. The second kappa shape index (κ2) is 14.9. The van der Waals surface area contributed by atoms with E-state index in [4.69, 9.17) is 9.47 Å². The third kappa shape index (κ3) is 14.7. The van der Waals surface area contributed by atoms with Gasteiger partial charge in [-0.05, 0) is 32.6 Å². The Balaban J connectivity index is 0.00000576. The summed E-state index contributed by atoms with van der Waals surface area (Å²) in [7, 11) is -3.11. The van der Waals surface area contributed by atoms with E-state index in [1.807, 2.05) is 6.92 Å². The number of hydrogen-bond acceptors (Lipinski definition) is 5. The van der Waals surface area contributed by atoms with Gasteiger partial charge in [-0.25, -0.2) is 13.1 Å². The first-order valence-corrected chi connectivity index (χ1v) is 10.6. The Morgan fingerprint density at radius 1 is 1.28 bits per heavy atom. The van der Waals surface area contributed by atoms with Crippen molar-refractivity contribution in [3.8, 4) is 0 Å². The number of nitrogens with one attached hydrogen (secondary N) is 3. The molecule has 1 aliphatic rings. The Hall–Kier alpha value is -0.170. The van der Waals surface area contributed by atoms with Gasteiger partial charge in [0.15, 0.2) is 5.96 Å². The van der Waals surface area contributed by atoms with Gasteiger partial charge >= 0.3 is 0 Å². The van der Waals surface area contributed by atoms with Crippen molar-refractivity contribution in [2.75, 3.05) is 52.3 Å². The summed E-state index contributed by atoms with van der Waals surface area (Å²) in [6, 6.07) is 0. The second-order valence-electron chi connectivity index (χ2n) is 5.77. The van der Waals surface area contributed by atoms with E-state index in [1.165, 1.54) is 0 Å². The molecule has 0 amide bonds.